The summed E-state index contributed by atoms with van der Waals surface area (Å²) in [6.07, 6.45) is 0. The second-order valence-electron chi connectivity index (χ2n) is 8.60. The van der Waals surface area contributed by atoms with E-state index in [4.69, 9.17) is 20.9 Å². The fourth-order valence-corrected chi connectivity index (χ4v) is 3.97. The van der Waals surface area contributed by atoms with Crippen LogP contribution in [0.2, 0.25) is 0 Å². The van der Waals surface area contributed by atoms with Gasteiger partial charge in [-0.3, -0.25) is 9.59 Å². The van der Waals surface area contributed by atoms with Gasteiger partial charge in [-0.1, -0.05) is 36.4 Å². The topological polar surface area (TPSA) is 105 Å². The predicted molar refractivity (Wildman–Crippen MR) is 148 cm³/mol. The highest BCUT2D eigenvalue weighted by Gasteiger charge is 2.19. The molecule has 0 fully saturated rings. The van der Waals surface area contributed by atoms with E-state index >= 15 is 0 Å². The van der Waals surface area contributed by atoms with Crippen LogP contribution in [-0.4, -0.2) is 11.6 Å². The number of hydrogen-bond donors (Lipinski definition) is 2. The number of carbonyl (C=O) groups is 2. The lowest BCUT2D eigenvalue weighted by molar-refractivity contribution is 0.100. The predicted octanol–water partition coefficient (Wildman–Crippen LogP) is 6.90. The first kappa shape index (κ1) is 24.3. The van der Waals surface area contributed by atoms with Crippen molar-refractivity contribution < 1.29 is 19.1 Å². The third kappa shape index (κ3) is 5.55. The molecule has 0 unspecified atom stereocenters. The minimum Gasteiger partial charge on any atom is -0.457 e. The van der Waals surface area contributed by atoms with Gasteiger partial charge in [0.25, 0.3) is 0 Å². The van der Waals surface area contributed by atoms with E-state index in [1.807, 2.05) is 0 Å². The molecule has 0 saturated heterocycles. The van der Waals surface area contributed by atoms with Crippen LogP contribution < -0.4 is 20.9 Å². The van der Waals surface area contributed by atoms with E-state index in [-0.39, 0.29) is 11.6 Å². The van der Waals surface area contributed by atoms with Gasteiger partial charge in [0.1, 0.15) is 23.0 Å². The Hall–Kier alpha value is -5.36. The first-order valence-corrected chi connectivity index (χ1v) is 11.9. The maximum Gasteiger partial charge on any atom is 0.193 e. The van der Waals surface area contributed by atoms with Gasteiger partial charge in [0.15, 0.2) is 11.6 Å². The van der Waals surface area contributed by atoms with Crippen molar-refractivity contribution in [2.75, 3.05) is 11.5 Å². The van der Waals surface area contributed by atoms with Crippen LogP contribution in [0.15, 0.2) is 121 Å². The fourth-order valence-electron chi connectivity index (χ4n) is 3.97. The van der Waals surface area contributed by atoms with Gasteiger partial charge in [-0.2, -0.15) is 0 Å². The summed E-state index contributed by atoms with van der Waals surface area (Å²) in [5, 5.41) is 0. The molecule has 0 bridgehead atoms. The van der Waals surface area contributed by atoms with E-state index in [1.165, 1.54) is 0 Å². The molecule has 5 aromatic rings. The van der Waals surface area contributed by atoms with Crippen molar-refractivity contribution in [1.29, 1.82) is 0 Å². The smallest absolute Gasteiger partial charge is 0.193 e. The zero-order valence-corrected chi connectivity index (χ0v) is 20.3. The number of nitrogen functional groups attached to an aromatic ring is 2. The monoisotopic (exact) mass is 500 g/mol. The molecule has 0 saturated carbocycles. The molecule has 0 spiro atoms. The SMILES string of the molecule is Nc1cccc(Oc2ccc(C(=O)c3ccccc3C(=O)c3ccc(Oc4cccc(N)c4)cc3)cc2)c1. The van der Waals surface area contributed by atoms with Crippen molar-refractivity contribution in [3.63, 3.8) is 0 Å². The molecule has 38 heavy (non-hydrogen) atoms. The zero-order chi connectivity index (χ0) is 26.5. The minimum absolute atomic E-state index is 0.258. The Morgan fingerprint density at radius 2 is 0.842 bits per heavy atom. The second kappa shape index (κ2) is 10.7. The molecule has 0 amide bonds. The normalized spacial score (nSPS) is 10.5. The van der Waals surface area contributed by atoms with Crippen molar-refractivity contribution >= 4 is 22.9 Å². The summed E-state index contributed by atoms with van der Waals surface area (Å²) >= 11 is 0. The van der Waals surface area contributed by atoms with Crippen LogP contribution in [0.25, 0.3) is 0 Å². The van der Waals surface area contributed by atoms with E-state index in [0.717, 1.165) is 0 Å². The zero-order valence-electron chi connectivity index (χ0n) is 20.3. The third-order valence-corrected chi connectivity index (χ3v) is 5.84. The number of nitrogens with two attached hydrogens (primary N) is 2. The molecule has 5 rings (SSSR count). The summed E-state index contributed by atoms with van der Waals surface area (Å²) in [5.74, 6) is 1.82. The van der Waals surface area contributed by atoms with E-state index in [2.05, 4.69) is 0 Å². The van der Waals surface area contributed by atoms with Crippen molar-refractivity contribution in [3.8, 4) is 23.0 Å². The Labute approximate surface area is 220 Å². The molecule has 6 nitrogen and oxygen atoms in total. The molecular formula is C32H24N2O4. The molecule has 186 valence electrons. The summed E-state index contributed by atoms with van der Waals surface area (Å²) in [4.78, 5) is 26.7. The maximum atomic E-state index is 13.4. The van der Waals surface area contributed by atoms with Crippen LogP contribution >= 0.6 is 0 Å². The molecule has 0 aliphatic heterocycles. The first-order valence-electron chi connectivity index (χ1n) is 11.9. The van der Waals surface area contributed by atoms with Crippen LogP contribution in [0, 0.1) is 0 Å². The molecule has 0 aliphatic carbocycles. The van der Waals surface area contributed by atoms with Crippen LogP contribution in [-0.2, 0) is 0 Å². The molecule has 0 radical (unpaired) electrons. The van der Waals surface area contributed by atoms with E-state index in [0.29, 0.717) is 56.6 Å². The number of hydrogen-bond acceptors (Lipinski definition) is 6. The Balaban J connectivity index is 1.33. The van der Waals surface area contributed by atoms with Gasteiger partial charge < -0.3 is 20.9 Å². The van der Waals surface area contributed by atoms with Gasteiger partial charge in [-0.25, -0.2) is 0 Å². The Morgan fingerprint density at radius 1 is 0.447 bits per heavy atom. The number of rotatable bonds is 8. The highest BCUT2D eigenvalue weighted by molar-refractivity contribution is 6.19. The van der Waals surface area contributed by atoms with Crippen molar-refractivity contribution in [3.05, 3.63) is 144 Å². The largest absolute Gasteiger partial charge is 0.457 e. The number of anilines is 2. The molecule has 0 aliphatic rings. The number of ketones is 2. The summed E-state index contributed by atoms with van der Waals surface area (Å²) in [6, 6.07) is 34.5. The lowest BCUT2D eigenvalue weighted by Crippen LogP contribution is -2.11. The highest BCUT2D eigenvalue weighted by atomic mass is 16.5. The Bertz CT molecular complexity index is 1490. The van der Waals surface area contributed by atoms with E-state index in [9.17, 15) is 9.59 Å². The molecule has 0 heterocycles. The molecule has 6 heteroatoms. The highest BCUT2D eigenvalue weighted by Crippen LogP contribution is 2.27. The standard InChI is InChI=1S/C32H24N2O4/c33-23-5-3-7-27(19-23)37-25-15-11-21(12-16-25)31(35)29-9-1-2-10-30(29)32(36)22-13-17-26(18-14-22)38-28-8-4-6-24(34)20-28/h1-20H,33-34H2. The minimum atomic E-state index is -0.258. The quantitative estimate of drug-likeness (QED) is 0.177. The van der Waals surface area contributed by atoms with Gasteiger partial charge >= 0.3 is 0 Å². The van der Waals surface area contributed by atoms with Crippen LogP contribution in [0.1, 0.15) is 31.8 Å². The van der Waals surface area contributed by atoms with Gasteiger partial charge in [0, 0.05) is 45.8 Å². The van der Waals surface area contributed by atoms with Gasteiger partial charge in [0.05, 0.1) is 0 Å². The van der Waals surface area contributed by atoms with Crippen LogP contribution in [0.4, 0.5) is 11.4 Å². The lowest BCUT2D eigenvalue weighted by atomic mass is 9.93. The lowest BCUT2D eigenvalue weighted by Gasteiger charge is -2.10. The maximum absolute atomic E-state index is 13.4. The van der Waals surface area contributed by atoms with Gasteiger partial charge in [0.2, 0.25) is 0 Å². The molecule has 0 aromatic heterocycles. The van der Waals surface area contributed by atoms with Crippen molar-refractivity contribution in [2.24, 2.45) is 0 Å². The summed E-state index contributed by atoms with van der Waals surface area (Å²) in [6.45, 7) is 0. The molecular weight excluding hydrogens is 476 g/mol. The second-order valence-corrected chi connectivity index (χ2v) is 8.60. The van der Waals surface area contributed by atoms with Gasteiger partial charge in [-0.15, -0.1) is 0 Å². The molecule has 5 aromatic carbocycles. The summed E-state index contributed by atoms with van der Waals surface area (Å²) in [7, 11) is 0. The third-order valence-electron chi connectivity index (χ3n) is 5.84. The number of ether oxygens (including phenoxy) is 2. The summed E-state index contributed by atoms with van der Waals surface area (Å²) < 4.78 is 11.6. The number of benzene rings is 5. The Kier molecular flexibility index (Phi) is 6.87. The van der Waals surface area contributed by atoms with Crippen LogP contribution in [0.3, 0.4) is 0 Å². The molecule has 0 atom stereocenters. The van der Waals surface area contributed by atoms with Crippen LogP contribution in [0.5, 0.6) is 23.0 Å². The van der Waals surface area contributed by atoms with E-state index < -0.39 is 0 Å². The van der Waals surface area contributed by atoms with E-state index in [1.54, 1.807) is 121 Å². The average molecular weight is 501 g/mol. The first-order chi connectivity index (χ1) is 18.5. The summed E-state index contributed by atoms with van der Waals surface area (Å²) in [5.41, 5.74) is 14.3. The van der Waals surface area contributed by atoms with Gasteiger partial charge in [-0.05, 0) is 72.8 Å². The fraction of sp³-hybridized carbons (Fsp3) is 0. The van der Waals surface area contributed by atoms with Crippen molar-refractivity contribution in [2.45, 2.75) is 0 Å². The average Bonchev–Trinajstić information content (AvgIpc) is 2.93. The molecule has 4 N–H and O–H groups in total. The Morgan fingerprint density at radius 3 is 1.21 bits per heavy atom. The van der Waals surface area contributed by atoms with Crippen molar-refractivity contribution in [1.82, 2.24) is 0 Å². The number of carbonyl (C=O) groups excluding carboxylic acids is 2.